The molecule has 0 heterocycles. The minimum atomic E-state index is -1.16. The second kappa shape index (κ2) is 4.73. The number of halogens is 1. The second-order valence-corrected chi connectivity index (χ2v) is 5.03. The van der Waals surface area contributed by atoms with Crippen LogP contribution in [0.25, 0.3) is 0 Å². The zero-order chi connectivity index (χ0) is 10.6. The van der Waals surface area contributed by atoms with Crippen molar-refractivity contribution in [3.05, 3.63) is 0 Å². The molecule has 0 unspecified atom stereocenters. The third kappa shape index (κ3) is 4.39. The van der Waals surface area contributed by atoms with Crippen molar-refractivity contribution in [2.75, 3.05) is 0 Å². The molecule has 0 aliphatic rings. The van der Waals surface area contributed by atoms with E-state index in [1.807, 2.05) is 27.7 Å². The zero-order valence-electron chi connectivity index (χ0n) is 9.36. The van der Waals surface area contributed by atoms with Crippen LogP contribution < -0.4 is 0 Å². The Hall–Kier alpha value is -0.400. The van der Waals surface area contributed by atoms with Crippen molar-refractivity contribution in [2.24, 2.45) is 17.3 Å². The monoisotopic (exact) mass is 188 g/mol. The van der Waals surface area contributed by atoms with Crippen LogP contribution in [0.15, 0.2) is 0 Å². The molecule has 78 valence electrons. The van der Waals surface area contributed by atoms with E-state index in [9.17, 15) is 9.18 Å². The van der Waals surface area contributed by atoms with Gasteiger partial charge in [-0.15, -0.1) is 0 Å². The Morgan fingerprint density at radius 2 is 1.46 bits per heavy atom. The van der Waals surface area contributed by atoms with Crippen LogP contribution in [0, 0.1) is 17.3 Å². The molecule has 13 heavy (non-hydrogen) atoms. The summed E-state index contributed by atoms with van der Waals surface area (Å²) in [5.41, 5.74) is -0.762. The first-order valence-electron chi connectivity index (χ1n) is 4.98. The molecule has 0 amide bonds. The van der Waals surface area contributed by atoms with Gasteiger partial charge in [0.05, 0.1) is 5.41 Å². The highest BCUT2D eigenvalue weighted by molar-refractivity contribution is 5.75. The van der Waals surface area contributed by atoms with Crippen molar-refractivity contribution in [1.29, 1.82) is 0 Å². The number of carbonyl (C=O) groups excluding carboxylic acids is 1. The van der Waals surface area contributed by atoms with E-state index >= 15 is 0 Å². The summed E-state index contributed by atoms with van der Waals surface area (Å²) in [6.45, 7) is 9.79. The Bertz CT molecular complexity index is 163. The number of rotatable bonds is 5. The van der Waals surface area contributed by atoms with Crippen LogP contribution in [0.5, 0.6) is 0 Å². The lowest BCUT2D eigenvalue weighted by atomic mass is 9.76. The molecule has 0 bridgehead atoms. The molecule has 0 N–H and O–H groups in total. The Morgan fingerprint density at radius 1 is 1.15 bits per heavy atom. The molecule has 0 rings (SSSR count). The average molecular weight is 188 g/mol. The highest BCUT2D eigenvalue weighted by Crippen LogP contribution is 2.34. The summed E-state index contributed by atoms with van der Waals surface area (Å²) in [7, 11) is 0. The lowest BCUT2D eigenvalue weighted by Crippen LogP contribution is -2.28. The lowest BCUT2D eigenvalue weighted by molar-refractivity contribution is -0.141. The van der Waals surface area contributed by atoms with Gasteiger partial charge in [0.1, 0.15) is 0 Å². The van der Waals surface area contributed by atoms with Gasteiger partial charge in [-0.1, -0.05) is 27.7 Å². The first-order chi connectivity index (χ1) is 5.78. The van der Waals surface area contributed by atoms with E-state index in [-0.39, 0.29) is 0 Å². The van der Waals surface area contributed by atoms with E-state index in [4.69, 9.17) is 0 Å². The van der Waals surface area contributed by atoms with Crippen LogP contribution >= 0.6 is 0 Å². The maximum atomic E-state index is 12.8. The molecule has 0 aliphatic carbocycles. The maximum absolute atomic E-state index is 12.8. The SMILES string of the molecule is CC(C)CC(C)(CC(C)C)C(=O)F. The molecule has 0 atom stereocenters. The predicted octanol–water partition coefficient (Wildman–Crippen LogP) is 3.58. The highest BCUT2D eigenvalue weighted by Gasteiger charge is 2.34. The Balaban J connectivity index is 4.43. The molecule has 0 saturated heterocycles. The van der Waals surface area contributed by atoms with Gasteiger partial charge >= 0.3 is 6.04 Å². The minimum absolute atomic E-state index is 0.364. The van der Waals surface area contributed by atoms with E-state index in [1.165, 1.54) is 0 Å². The van der Waals surface area contributed by atoms with E-state index < -0.39 is 11.5 Å². The molecule has 0 fully saturated rings. The highest BCUT2D eigenvalue weighted by atomic mass is 19.1. The molecule has 0 aromatic heterocycles. The predicted molar refractivity (Wildman–Crippen MR) is 53.1 cm³/mol. The fourth-order valence-electron chi connectivity index (χ4n) is 2.05. The van der Waals surface area contributed by atoms with Gasteiger partial charge in [0, 0.05) is 0 Å². The molecular weight excluding hydrogens is 167 g/mol. The zero-order valence-corrected chi connectivity index (χ0v) is 9.36. The van der Waals surface area contributed by atoms with Gasteiger partial charge in [-0.3, -0.25) is 4.79 Å². The minimum Gasteiger partial charge on any atom is -0.261 e. The lowest BCUT2D eigenvalue weighted by Gasteiger charge is -2.27. The molecule has 0 saturated carbocycles. The van der Waals surface area contributed by atoms with Crippen LogP contribution in [-0.2, 0) is 4.79 Å². The van der Waals surface area contributed by atoms with Crippen molar-refractivity contribution in [3.8, 4) is 0 Å². The first-order valence-corrected chi connectivity index (χ1v) is 4.98. The first kappa shape index (κ1) is 12.6. The van der Waals surface area contributed by atoms with Gasteiger partial charge in [-0.05, 0) is 31.6 Å². The van der Waals surface area contributed by atoms with Crippen LogP contribution in [0.1, 0.15) is 47.5 Å². The van der Waals surface area contributed by atoms with Gasteiger partial charge < -0.3 is 0 Å². The largest absolute Gasteiger partial charge is 0.307 e. The molecule has 1 nitrogen and oxygen atoms in total. The quantitative estimate of drug-likeness (QED) is 0.603. The van der Waals surface area contributed by atoms with Gasteiger partial charge in [-0.25, -0.2) is 0 Å². The van der Waals surface area contributed by atoms with Crippen LogP contribution in [0.3, 0.4) is 0 Å². The fourth-order valence-corrected chi connectivity index (χ4v) is 2.05. The molecule has 0 radical (unpaired) electrons. The topological polar surface area (TPSA) is 17.1 Å². The summed E-state index contributed by atoms with van der Waals surface area (Å²) in [5, 5.41) is 0. The van der Waals surface area contributed by atoms with Gasteiger partial charge in [0.25, 0.3) is 0 Å². The molecule has 0 aliphatic heterocycles. The number of hydrogen-bond acceptors (Lipinski definition) is 1. The Kier molecular flexibility index (Phi) is 4.58. The van der Waals surface area contributed by atoms with Crippen molar-refractivity contribution in [2.45, 2.75) is 47.5 Å². The van der Waals surface area contributed by atoms with Gasteiger partial charge in [-0.2, -0.15) is 4.39 Å². The van der Waals surface area contributed by atoms with Crippen molar-refractivity contribution < 1.29 is 9.18 Å². The molecule has 0 spiro atoms. The van der Waals surface area contributed by atoms with E-state index in [2.05, 4.69) is 0 Å². The van der Waals surface area contributed by atoms with E-state index in [1.54, 1.807) is 6.92 Å². The summed E-state index contributed by atoms with van der Waals surface area (Å²) in [6.07, 6.45) is 1.28. The molecule has 2 heteroatoms. The van der Waals surface area contributed by atoms with Crippen molar-refractivity contribution in [3.63, 3.8) is 0 Å². The Labute approximate surface area is 80.7 Å². The Morgan fingerprint density at radius 3 is 1.62 bits per heavy atom. The summed E-state index contributed by atoms with van der Waals surface area (Å²) < 4.78 is 12.8. The number of hydrogen-bond donors (Lipinski definition) is 0. The second-order valence-electron chi connectivity index (χ2n) is 5.03. The molecule has 0 aromatic carbocycles. The van der Waals surface area contributed by atoms with Crippen molar-refractivity contribution >= 4 is 6.04 Å². The maximum Gasteiger partial charge on any atom is 0.307 e. The summed E-state index contributed by atoms with van der Waals surface area (Å²) in [6, 6.07) is -1.16. The number of carbonyl (C=O) groups is 1. The van der Waals surface area contributed by atoms with E-state index in [0.29, 0.717) is 24.7 Å². The standard InChI is InChI=1S/C11H21FO/c1-8(2)6-11(5,10(12)13)7-9(3)4/h8-9H,6-7H2,1-5H3. The van der Waals surface area contributed by atoms with Crippen LogP contribution in [0.2, 0.25) is 0 Å². The van der Waals surface area contributed by atoms with Gasteiger partial charge in [0.15, 0.2) is 0 Å². The average Bonchev–Trinajstić information content (AvgIpc) is 1.82. The molecule has 0 aromatic rings. The van der Waals surface area contributed by atoms with Crippen LogP contribution in [0.4, 0.5) is 4.39 Å². The fraction of sp³-hybridized carbons (Fsp3) is 0.909. The summed E-state index contributed by atoms with van der Waals surface area (Å²) in [5.74, 6) is 0.729. The van der Waals surface area contributed by atoms with Gasteiger partial charge in [0.2, 0.25) is 0 Å². The summed E-state index contributed by atoms with van der Waals surface area (Å²) >= 11 is 0. The normalized spacial score (nSPS) is 12.6. The smallest absolute Gasteiger partial charge is 0.261 e. The third-order valence-corrected chi connectivity index (χ3v) is 2.19. The summed E-state index contributed by atoms with van der Waals surface area (Å²) in [4.78, 5) is 10.9. The molecular formula is C11H21FO. The van der Waals surface area contributed by atoms with E-state index in [0.717, 1.165) is 0 Å². The van der Waals surface area contributed by atoms with Crippen molar-refractivity contribution in [1.82, 2.24) is 0 Å². The third-order valence-electron chi connectivity index (χ3n) is 2.19. The van der Waals surface area contributed by atoms with Crippen LogP contribution in [-0.4, -0.2) is 6.04 Å².